The zero-order valence-corrected chi connectivity index (χ0v) is 21.0. The van der Waals surface area contributed by atoms with E-state index >= 15 is 0 Å². The summed E-state index contributed by atoms with van der Waals surface area (Å²) in [6, 6.07) is 18.0. The minimum atomic E-state index is -0.729. The Hall–Kier alpha value is -3.55. The molecule has 0 fully saturated rings. The summed E-state index contributed by atoms with van der Waals surface area (Å²) in [6.45, 7) is 5.75. The molecule has 0 radical (unpaired) electrons. The number of aromatic nitrogens is 1. The molecule has 2 aromatic carbocycles. The third-order valence-electron chi connectivity index (χ3n) is 5.44. The number of hydrogen-bond acceptors (Lipinski definition) is 5. The van der Waals surface area contributed by atoms with Crippen LogP contribution in [0.4, 0.5) is 0 Å². The zero-order chi connectivity index (χ0) is 25.1. The Bertz CT molecular complexity index is 1390. The first-order valence-electron chi connectivity index (χ1n) is 10.9. The van der Waals surface area contributed by atoms with E-state index in [4.69, 9.17) is 16.3 Å². The Morgan fingerprint density at radius 1 is 1.11 bits per heavy atom. The molecular formula is C27H23ClN2O4S. The maximum Gasteiger partial charge on any atom is 0.344 e. The molecule has 2 heterocycles. The van der Waals surface area contributed by atoms with E-state index in [0.29, 0.717) is 15.5 Å². The molecule has 0 spiro atoms. The Morgan fingerprint density at radius 3 is 2.46 bits per heavy atom. The number of aliphatic hydroxyl groups excluding tert-OH is 1. The highest BCUT2D eigenvalue weighted by Crippen LogP contribution is 2.40. The van der Waals surface area contributed by atoms with E-state index in [9.17, 15) is 14.7 Å². The van der Waals surface area contributed by atoms with E-state index in [0.717, 1.165) is 34.4 Å². The van der Waals surface area contributed by atoms with Gasteiger partial charge in [-0.2, -0.15) is 0 Å². The average molecular weight is 507 g/mol. The van der Waals surface area contributed by atoms with E-state index in [1.165, 1.54) is 0 Å². The Balaban J connectivity index is 1.75. The highest BCUT2D eigenvalue weighted by Gasteiger charge is 2.34. The van der Waals surface area contributed by atoms with Crippen LogP contribution in [0.2, 0.25) is 5.02 Å². The smallest absolute Gasteiger partial charge is 0.344 e. The van der Waals surface area contributed by atoms with E-state index in [1.54, 1.807) is 43.3 Å². The summed E-state index contributed by atoms with van der Waals surface area (Å²) in [5, 5.41) is 11.7. The van der Waals surface area contributed by atoms with Crippen LogP contribution in [0.3, 0.4) is 0 Å². The standard InChI is InChI=1S/C27H23ClN2O4S/c1-4-34-27(33)23-24(31)22(35-26(23)29-25(32)18-8-6-5-7-9-18)15-19-14-16(2)30(17(19)3)21-12-10-20(28)11-13-21/h5-15,31H,4H2,1-3H3/b22-15+,29-26?. The number of hydrogen-bond donors (Lipinski definition) is 1. The predicted molar refractivity (Wildman–Crippen MR) is 140 cm³/mol. The zero-order valence-electron chi connectivity index (χ0n) is 19.4. The van der Waals surface area contributed by atoms with Crippen LogP contribution in [0.25, 0.3) is 11.8 Å². The molecule has 3 aromatic rings. The SMILES string of the molecule is CCOC(=O)C1=C(O)/C(=C\c2cc(C)n(-c3ccc(Cl)cc3)c2C)SC1=NC(=O)c1ccccc1. The van der Waals surface area contributed by atoms with Crippen LogP contribution >= 0.6 is 23.4 Å². The molecule has 178 valence electrons. The van der Waals surface area contributed by atoms with Gasteiger partial charge in [-0.15, -0.1) is 0 Å². The van der Waals surface area contributed by atoms with Gasteiger partial charge in [0.1, 0.15) is 16.4 Å². The number of halogens is 1. The van der Waals surface area contributed by atoms with E-state index in [1.807, 2.05) is 44.2 Å². The molecule has 0 saturated carbocycles. The van der Waals surface area contributed by atoms with E-state index < -0.39 is 11.9 Å². The molecule has 8 heteroatoms. The number of amides is 1. The van der Waals surface area contributed by atoms with Gasteiger partial charge in [0.25, 0.3) is 5.91 Å². The van der Waals surface area contributed by atoms with Crippen molar-refractivity contribution in [2.45, 2.75) is 20.8 Å². The van der Waals surface area contributed by atoms with Gasteiger partial charge >= 0.3 is 5.97 Å². The summed E-state index contributed by atoms with van der Waals surface area (Å²) in [5.41, 5.74) is 4.00. The average Bonchev–Trinajstić information content (AvgIpc) is 3.29. The molecule has 0 saturated heterocycles. The predicted octanol–water partition coefficient (Wildman–Crippen LogP) is 6.45. The van der Waals surface area contributed by atoms with Crippen LogP contribution < -0.4 is 0 Å². The van der Waals surface area contributed by atoms with Gasteiger partial charge in [0.15, 0.2) is 0 Å². The molecule has 35 heavy (non-hydrogen) atoms. The fourth-order valence-electron chi connectivity index (χ4n) is 3.79. The topological polar surface area (TPSA) is 80.9 Å². The highest BCUT2D eigenvalue weighted by atomic mass is 35.5. The van der Waals surface area contributed by atoms with Crippen LogP contribution in [0.5, 0.6) is 0 Å². The summed E-state index contributed by atoms with van der Waals surface area (Å²) in [5.74, 6) is -1.50. The summed E-state index contributed by atoms with van der Waals surface area (Å²) >= 11 is 7.10. The molecule has 0 bridgehead atoms. The van der Waals surface area contributed by atoms with Crippen molar-refractivity contribution in [1.82, 2.24) is 4.57 Å². The molecular weight excluding hydrogens is 484 g/mol. The number of aliphatic hydroxyl groups is 1. The number of carbonyl (C=O) groups excluding carboxylic acids is 2. The van der Waals surface area contributed by atoms with Crippen molar-refractivity contribution in [1.29, 1.82) is 0 Å². The van der Waals surface area contributed by atoms with Gasteiger partial charge in [-0.05, 0) is 74.9 Å². The molecule has 1 amide bonds. The summed E-state index contributed by atoms with van der Waals surface area (Å²) in [4.78, 5) is 29.9. The molecule has 6 nitrogen and oxygen atoms in total. The Morgan fingerprint density at radius 2 is 1.80 bits per heavy atom. The van der Waals surface area contributed by atoms with Crippen LogP contribution in [0.15, 0.2) is 81.9 Å². The normalized spacial score (nSPS) is 15.8. The maximum absolute atomic E-state index is 12.7. The molecule has 4 rings (SSSR count). The van der Waals surface area contributed by atoms with Crippen molar-refractivity contribution in [3.8, 4) is 5.69 Å². The second kappa shape index (κ2) is 10.4. The van der Waals surface area contributed by atoms with Crippen LogP contribution in [-0.2, 0) is 9.53 Å². The van der Waals surface area contributed by atoms with Gasteiger partial charge < -0.3 is 14.4 Å². The first-order valence-corrected chi connectivity index (χ1v) is 12.1. The van der Waals surface area contributed by atoms with Crippen molar-refractivity contribution in [2.24, 2.45) is 4.99 Å². The van der Waals surface area contributed by atoms with Crippen molar-refractivity contribution >= 4 is 46.4 Å². The maximum atomic E-state index is 12.7. The minimum Gasteiger partial charge on any atom is -0.506 e. The second-order valence-electron chi connectivity index (χ2n) is 7.78. The van der Waals surface area contributed by atoms with Gasteiger partial charge in [0, 0.05) is 27.7 Å². The lowest BCUT2D eigenvalue weighted by Gasteiger charge is -2.09. The molecule has 0 aliphatic carbocycles. The first kappa shape index (κ1) is 24.6. The molecule has 1 N–H and O–H groups in total. The number of thioether (sulfide) groups is 1. The lowest BCUT2D eigenvalue weighted by molar-refractivity contribution is -0.138. The summed E-state index contributed by atoms with van der Waals surface area (Å²) in [7, 11) is 0. The monoisotopic (exact) mass is 506 g/mol. The molecule has 1 aromatic heterocycles. The van der Waals surface area contributed by atoms with E-state index in [2.05, 4.69) is 9.56 Å². The highest BCUT2D eigenvalue weighted by molar-refractivity contribution is 8.18. The quantitative estimate of drug-likeness (QED) is 0.402. The molecule has 0 unspecified atom stereocenters. The summed E-state index contributed by atoms with van der Waals surface area (Å²) in [6.07, 6.45) is 1.78. The van der Waals surface area contributed by atoms with E-state index in [-0.39, 0.29) is 23.0 Å². The Labute approximate surface area is 212 Å². The third-order valence-corrected chi connectivity index (χ3v) is 6.71. The van der Waals surface area contributed by atoms with Crippen molar-refractivity contribution < 1.29 is 19.4 Å². The largest absolute Gasteiger partial charge is 0.506 e. The fraction of sp³-hybridized carbons (Fsp3) is 0.148. The number of rotatable bonds is 5. The van der Waals surface area contributed by atoms with Crippen molar-refractivity contribution in [3.05, 3.63) is 104 Å². The number of carbonyl (C=O) groups is 2. The fourth-order valence-corrected chi connectivity index (χ4v) is 4.92. The van der Waals surface area contributed by atoms with Crippen LogP contribution in [0, 0.1) is 13.8 Å². The van der Waals surface area contributed by atoms with Crippen molar-refractivity contribution in [3.63, 3.8) is 0 Å². The first-order chi connectivity index (χ1) is 16.8. The molecule has 0 atom stereocenters. The van der Waals surface area contributed by atoms with Crippen molar-refractivity contribution in [2.75, 3.05) is 6.61 Å². The van der Waals surface area contributed by atoms with Gasteiger partial charge in [-0.25, -0.2) is 9.79 Å². The number of esters is 1. The van der Waals surface area contributed by atoms with Crippen LogP contribution in [0.1, 0.15) is 34.2 Å². The molecule has 1 aliphatic rings. The number of aryl methyl sites for hydroxylation is 1. The minimum absolute atomic E-state index is 0.104. The number of benzene rings is 2. The van der Waals surface area contributed by atoms with Gasteiger partial charge in [0.2, 0.25) is 0 Å². The molecule has 1 aliphatic heterocycles. The lowest BCUT2D eigenvalue weighted by Crippen LogP contribution is -2.14. The Kier molecular flexibility index (Phi) is 7.28. The van der Waals surface area contributed by atoms with Gasteiger partial charge in [-0.3, -0.25) is 4.79 Å². The number of nitrogens with zero attached hydrogens (tertiary/aromatic N) is 2. The second-order valence-corrected chi connectivity index (χ2v) is 9.25. The number of ether oxygens (including phenoxy) is 1. The van der Waals surface area contributed by atoms with Gasteiger partial charge in [0.05, 0.1) is 11.5 Å². The third kappa shape index (κ3) is 5.11. The number of aliphatic imine (C=N–C) groups is 1. The van der Waals surface area contributed by atoms with Crippen LogP contribution in [-0.4, -0.2) is 33.2 Å². The summed E-state index contributed by atoms with van der Waals surface area (Å²) < 4.78 is 7.20. The lowest BCUT2D eigenvalue weighted by atomic mass is 10.1. The van der Waals surface area contributed by atoms with Gasteiger partial charge in [-0.1, -0.05) is 41.6 Å².